The summed E-state index contributed by atoms with van der Waals surface area (Å²) < 4.78 is 28.9. The average Bonchev–Trinajstić information content (AvgIpc) is 3.79. The molecule has 0 bridgehead atoms. The molecule has 4 aliphatic heterocycles. The first-order chi connectivity index (χ1) is 30.8. The molecule has 1 saturated heterocycles. The van der Waals surface area contributed by atoms with Gasteiger partial charge in [0, 0.05) is 103 Å². The number of phenols is 1. The second-order valence-electron chi connectivity index (χ2n) is 17.2. The Hall–Kier alpha value is -5.95. The maximum atomic E-state index is 15.7. The molecular weight excluding hydrogens is 830 g/mol. The zero-order chi connectivity index (χ0) is 43.0. The van der Waals surface area contributed by atoms with E-state index in [0.29, 0.717) is 105 Å². The van der Waals surface area contributed by atoms with Crippen LogP contribution in [0.25, 0.3) is 22.2 Å². The molecule has 6 heterocycles. The van der Waals surface area contributed by atoms with E-state index in [2.05, 4.69) is 33.1 Å². The molecule has 2 amide bonds. The highest BCUT2D eigenvalue weighted by molar-refractivity contribution is 6.13. The summed E-state index contributed by atoms with van der Waals surface area (Å²) in [6, 6.07) is 26.7. The summed E-state index contributed by atoms with van der Waals surface area (Å²) in [6.45, 7) is 8.52. The van der Waals surface area contributed by atoms with Crippen molar-refractivity contribution in [1.29, 1.82) is 0 Å². The Labute approximate surface area is 380 Å². The molecule has 334 valence electrons. The lowest BCUT2D eigenvalue weighted by Crippen LogP contribution is -2.52. The monoisotopic (exact) mass is 885 g/mol. The lowest BCUT2D eigenvalue weighted by atomic mass is 9.91. The van der Waals surface area contributed by atoms with Crippen LogP contribution in [-0.2, 0) is 37.7 Å². The van der Waals surface area contributed by atoms with Gasteiger partial charge in [-0.25, -0.2) is 0 Å². The first-order valence-corrected chi connectivity index (χ1v) is 22.5. The number of fused-ring (bicyclic) bond motifs is 4. The van der Waals surface area contributed by atoms with Gasteiger partial charge < -0.3 is 38.1 Å². The van der Waals surface area contributed by atoms with E-state index in [9.17, 15) is 5.11 Å². The summed E-state index contributed by atoms with van der Waals surface area (Å²) >= 11 is 0. The SMILES string of the molecule is CCCOc1cccc2c1C[C@@H](CN1CCOCC1)N(C(=O)c1cc3c(cc1-c1cc(C(=O)N(c4ccc(O)cc4)c4ccc5c(ccn5C)c4)c4n1CCCC4)OCCCO3)C2.Cl. The molecule has 2 aromatic heterocycles. The number of nitrogens with zero attached hydrogens (tertiary/aromatic N) is 5. The number of ether oxygens (including phenoxy) is 4. The van der Waals surface area contributed by atoms with E-state index in [-0.39, 0.29) is 36.0 Å². The van der Waals surface area contributed by atoms with Crippen LogP contribution in [0.4, 0.5) is 11.4 Å². The van der Waals surface area contributed by atoms with Crippen LogP contribution in [0.5, 0.6) is 23.0 Å². The minimum atomic E-state index is -0.186. The number of hydrogen-bond donors (Lipinski definition) is 1. The van der Waals surface area contributed by atoms with Gasteiger partial charge in [-0.2, -0.15) is 0 Å². The van der Waals surface area contributed by atoms with Gasteiger partial charge in [0.1, 0.15) is 11.5 Å². The van der Waals surface area contributed by atoms with Crippen molar-refractivity contribution in [2.24, 2.45) is 7.05 Å². The summed E-state index contributed by atoms with van der Waals surface area (Å²) in [5.41, 5.74) is 8.20. The molecule has 6 aromatic rings. The number of halogens is 1. The first kappa shape index (κ1) is 43.3. The number of benzene rings is 4. The largest absolute Gasteiger partial charge is 0.508 e. The van der Waals surface area contributed by atoms with Crippen molar-refractivity contribution in [2.75, 3.05) is 57.6 Å². The Morgan fingerprint density at radius 3 is 2.42 bits per heavy atom. The Morgan fingerprint density at radius 1 is 0.844 bits per heavy atom. The molecule has 64 heavy (non-hydrogen) atoms. The summed E-state index contributed by atoms with van der Waals surface area (Å²) in [4.78, 5) is 37.2. The van der Waals surface area contributed by atoms with Crippen molar-refractivity contribution in [3.63, 3.8) is 0 Å². The molecule has 13 heteroatoms. The van der Waals surface area contributed by atoms with Gasteiger partial charge in [-0.3, -0.25) is 19.4 Å². The van der Waals surface area contributed by atoms with Gasteiger partial charge in [0.15, 0.2) is 11.5 Å². The Kier molecular flexibility index (Phi) is 12.6. The van der Waals surface area contributed by atoms with E-state index in [4.69, 9.17) is 18.9 Å². The fraction of sp³-hybridized carbons (Fsp3) is 0.373. The molecule has 4 aromatic carbocycles. The van der Waals surface area contributed by atoms with Crippen LogP contribution in [0.15, 0.2) is 91.1 Å². The fourth-order valence-corrected chi connectivity index (χ4v) is 9.83. The molecular formula is C51H56ClN5O7. The van der Waals surface area contributed by atoms with Crippen molar-refractivity contribution in [2.45, 2.75) is 64.6 Å². The van der Waals surface area contributed by atoms with Crippen molar-refractivity contribution >= 4 is 46.5 Å². The summed E-state index contributed by atoms with van der Waals surface area (Å²) in [5, 5.41) is 11.3. The van der Waals surface area contributed by atoms with Crippen molar-refractivity contribution in [1.82, 2.24) is 18.9 Å². The van der Waals surface area contributed by atoms with Crippen LogP contribution in [0.3, 0.4) is 0 Å². The van der Waals surface area contributed by atoms with E-state index >= 15 is 9.59 Å². The number of morpholine rings is 1. The number of anilines is 2. The zero-order valence-electron chi connectivity index (χ0n) is 36.6. The summed E-state index contributed by atoms with van der Waals surface area (Å²) in [6.07, 6.45) is 6.90. The summed E-state index contributed by atoms with van der Waals surface area (Å²) in [5.74, 6) is 1.88. The lowest BCUT2D eigenvalue weighted by molar-refractivity contribution is 0.0191. The Bertz CT molecular complexity index is 2670. The topological polar surface area (TPSA) is 111 Å². The third-order valence-electron chi connectivity index (χ3n) is 13.1. The predicted molar refractivity (Wildman–Crippen MR) is 250 cm³/mol. The molecule has 12 nitrogen and oxygen atoms in total. The van der Waals surface area contributed by atoms with Gasteiger partial charge in [0.25, 0.3) is 11.8 Å². The molecule has 1 N–H and O–H groups in total. The van der Waals surface area contributed by atoms with Crippen LogP contribution in [0, 0.1) is 0 Å². The van der Waals surface area contributed by atoms with E-state index in [1.165, 1.54) is 5.56 Å². The van der Waals surface area contributed by atoms with Crippen LogP contribution in [0.1, 0.15) is 70.1 Å². The Balaban J connectivity index is 0.00000518. The third-order valence-corrected chi connectivity index (χ3v) is 13.1. The smallest absolute Gasteiger partial charge is 0.264 e. The molecule has 0 spiro atoms. The number of aromatic hydroxyl groups is 1. The van der Waals surface area contributed by atoms with E-state index < -0.39 is 0 Å². The summed E-state index contributed by atoms with van der Waals surface area (Å²) in [7, 11) is 2.01. The van der Waals surface area contributed by atoms with E-state index in [0.717, 1.165) is 72.4 Å². The maximum absolute atomic E-state index is 15.7. The number of rotatable bonds is 10. The molecule has 10 rings (SSSR count). The quantitative estimate of drug-likeness (QED) is 0.145. The fourth-order valence-electron chi connectivity index (χ4n) is 9.83. The minimum Gasteiger partial charge on any atom is -0.508 e. The molecule has 1 atom stereocenters. The Morgan fingerprint density at radius 2 is 1.62 bits per heavy atom. The van der Waals surface area contributed by atoms with Gasteiger partial charge >= 0.3 is 0 Å². The van der Waals surface area contributed by atoms with Crippen LogP contribution in [0.2, 0.25) is 0 Å². The minimum absolute atomic E-state index is 0. The van der Waals surface area contributed by atoms with Gasteiger partial charge in [-0.05, 0) is 110 Å². The molecule has 0 saturated carbocycles. The molecule has 0 unspecified atom stereocenters. The number of aromatic nitrogens is 2. The van der Waals surface area contributed by atoms with Crippen LogP contribution in [-0.4, -0.2) is 94.6 Å². The number of carbonyl (C=O) groups excluding carboxylic acids is 2. The van der Waals surface area contributed by atoms with Gasteiger partial charge in [0.2, 0.25) is 0 Å². The molecule has 0 radical (unpaired) electrons. The third kappa shape index (κ3) is 8.30. The van der Waals surface area contributed by atoms with Crippen LogP contribution < -0.4 is 19.1 Å². The van der Waals surface area contributed by atoms with Crippen molar-refractivity contribution in [3.8, 4) is 34.3 Å². The number of hydrogen-bond acceptors (Lipinski definition) is 8. The number of carbonyl (C=O) groups is 2. The second kappa shape index (κ2) is 18.6. The number of phenolic OH excluding ortho intramolecular Hbond substituents is 1. The highest BCUT2D eigenvalue weighted by Gasteiger charge is 2.37. The predicted octanol–water partition coefficient (Wildman–Crippen LogP) is 8.94. The average molecular weight is 886 g/mol. The van der Waals surface area contributed by atoms with E-state index in [1.54, 1.807) is 29.2 Å². The number of amides is 2. The van der Waals surface area contributed by atoms with E-state index in [1.807, 2.05) is 66.7 Å². The highest BCUT2D eigenvalue weighted by atomic mass is 35.5. The van der Waals surface area contributed by atoms with Gasteiger partial charge in [0.05, 0.1) is 44.2 Å². The second-order valence-corrected chi connectivity index (χ2v) is 17.2. The molecule has 1 fully saturated rings. The number of aryl methyl sites for hydroxylation is 1. The lowest BCUT2D eigenvalue weighted by Gasteiger charge is -2.41. The highest BCUT2D eigenvalue weighted by Crippen LogP contribution is 2.43. The van der Waals surface area contributed by atoms with Crippen LogP contribution >= 0.6 is 12.4 Å². The van der Waals surface area contributed by atoms with Crippen molar-refractivity contribution < 1.29 is 33.6 Å². The molecule has 0 aliphatic carbocycles. The zero-order valence-corrected chi connectivity index (χ0v) is 37.4. The normalized spacial score (nSPS) is 17.2. The maximum Gasteiger partial charge on any atom is 0.264 e. The first-order valence-electron chi connectivity index (χ1n) is 22.5. The van der Waals surface area contributed by atoms with Gasteiger partial charge in [-0.15, -0.1) is 12.4 Å². The standard InChI is InChI=1S/C51H55N5O7.ClH/c1-3-22-61-47-10-6-8-35-32-55(38(28-40(35)47)33-53-20-25-60-26-21-53)50(58)42-31-49-48(62-23-7-24-63-49)30-41(42)46-29-43(45-9-4-5-18-54(45)46)51(59)56(36-11-14-39(57)15-12-36)37-13-16-44-34(27-37)17-19-52(44)2;/h6,8,10-17,19,27,29-31,38,57H,3-5,7,9,18,20-26,28,32-33H2,1-2H3;1H/t38-;/m0./s1. The molecule has 4 aliphatic rings. The van der Waals surface area contributed by atoms with Crippen molar-refractivity contribution in [3.05, 3.63) is 119 Å². The van der Waals surface area contributed by atoms with Gasteiger partial charge in [-0.1, -0.05) is 19.1 Å².